The number of para-hydroxylation sites is 1. The van der Waals surface area contributed by atoms with Crippen molar-refractivity contribution in [1.82, 2.24) is 15.2 Å². The van der Waals surface area contributed by atoms with Crippen LogP contribution in [0.2, 0.25) is 0 Å². The predicted molar refractivity (Wildman–Crippen MR) is 116 cm³/mol. The standard InChI is InChI=1S/C20H26N4O.HI/c1-16-7-6-8-17(23-16)15-22-20(21-2)24-13-11-19(12-14-24)25-18-9-4-3-5-10-18;/h3-10,19H,11-15H2,1-2H3,(H,21,22);1H. The molecule has 3 rings (SSSR count). The average molecular weight is 466 g/mol. The van der Waals surface area contributed by atoms with Crippen LogP contribution in [0.5, 0.6) is 5.75 Å². The summed E-state index contributed by atoms with van der Waals surface area (Å²) in [4.78, 5) is 11.2. The van der Waals surface area contributed by atoms with Crippen LogP contribution >= 0.6 is 24.0 Å². The van der Waals surface area contributed by atoms with Crippen LogP contribution in [0.4, 0.5) is 0 Å². The zero-order valence-corrected chi connectivity index (χ0v) is 17.7. The van der Waals surface area contributed by atoms with Gasteiger partial charge >= 0.3 is 0 Å². The van der Waals surface area contributed by atoms with Crippen LogP contribution in [-0.2, 0) is 6.54 Å². The fraction of sp³-hybridized carbons (Fsp3) is 0.400. The summed E-state index contributed by atoms with van der Waals surface area (Å²) in [5.74, 6) is 1.88. The number of aliphatic imine (C=N–C) groups is 1. The topological polar surface area (TPSA) is 49.8 Å². The monoisotopic (exact) mass is 466 g/mol. The van der Waals surface area contributed by atoms with Gasteiger partial charge in [0.15, 0.2) is 5.96 Å². The highest BCUT2D eigenvalue weighted by Crippen LogP contribution is 2.18. The Bertz CT molecular complexity index is 700. The SMILES string of the molecule is CN=C(NCc1cccc(C)n1)N1CCC(Oc2ccccc2)CC1.I. The molecule has 0 aliphatic carbocycles. The number of hydrogen-bond acceptors (Lipinski definition) is 3. The van der Waals surface area contributed by atoms with E-state index in [1.54, 1.807) is 0 Å². The summed E-state index contributed by atoms with van der Waals surface area (Å²) in [5.41, 5.74) is 2.07. The molecule has 6 heteroatoms. The van der Waals surface area contributed by atoms with E-state index in [0.717, 1.165) is 49.0 Å². The number of hydrogen-bond donors (Lipinski definition) is 1. The molecule has 26 heavy (non-hydrogen) atoms. The summed E-state index contributed by atoms with van der Waals surface area (Å²) in [7, 11) is 1.83. The molecule has 2 aromatic rings. The second-order valence-electron chi connectivity index (χ2n) is 6.29. The number of rotatable bonds is 4. The van der Waals surface area contributed by atoms with Gasteiger partial charge in [0, 0.05) is 38.7 Å². The lowest BCUT2D eigenvalue weighted by atomic mass is 10.1. The molecule has 1 aliphatic heterocycles. The van der Waals surface area contributed by atoms with E-state index in [1.807, 2.05) is 62.5 Å². The number of piperidine rings is 1. The van der Waals surface area contributed by atoms with Crippen LogP contribution in [0.15, 0.2) is 53.5 Å². The Morgan fingerprint density at radius 2 is 1.88 bits per heavy atom. The minimum absolute atomic E-state index is 0. The van der Waals surface area contributed by atoms with Gasteiger partial charge in [0.1, 0.15) is 11.9 Å². The minimum atomic E-state index is 0. The number of aryl methyl sites for hydroxylation is 1. The largest absolute Gasteiger partial charge is 0.490 e. The Morgan fingerprint density at radius 1 is 1.15 bits per heavy atom. The first-order valence-corrected chi connectivity index (χ1v) is 8.84. The van der Waals surface area contributed by atoms with Gasteiger partial charge in [-0.05, 0) is 31.2 Å². The van der Waals surface area contributed by atoms with Gasteiger partial charge in [-0.25, -0.2) is 0 Å². The first kappa shape index (κ1) is 20.5. The van der Waals surface area contributed by atoms with E-state index < -0.39 is 0 Å². The number of aromatic nitrogens is 1. The maximum Gasteiger partial charge on any atom is 0.193 e. The lowest BCUT2D eigenvalue weighted by molar-refractivity contribution is 0.129. The summed E-state index contributed by atoms with van der Waals surface area (Å²) in [5, 5.41) is 3.42. The number of nitrogens with zero attached hydrogens (tertiary/aromatic N) is 3. The van der Waals surface area contributed by atoms with Crippen molar-refractivity contribution in [2.24, 2.45) is 4.99 Å². The van der Waals surface area contributed by atoms with Crippen molar-refractivity contribution in [3.05, 3.63) is 59.9 Å². The summed E-state index contributed by atoms with van der Waals surface area (Å²) in [6.45, 7) is 4.58. The van der Waals surface area contributed by atoms with Crippen LogP contribution in [0.1, 0.15) is 24.2 Å². The van der Waals surface area contributed by atoms with Crippen LogP contribution in [0.25, 0.3) is 0 Å². The number of halogens is 1. The molecule has 0 spiro atoms. The van der Waals surface area contributed by atoms with Crippen molar-refractivity contribution in [3.8, 4) is 5.75 Å². The van der Waals surface area contributed by atoms with Gasteiger partial charge in [-0.2, -0.15) is 0 Å². The Kier molecular flexibility index (Phi) is 8.15. The van der Waals surface area contributed by atoms with Gasteiger partial charge in [0.2, 0.25) is 0 Å². The Balaban J connectivity index is 0.00000243. The van der Waals surface area contributed by atoms with Gasteiger partial charge in [-0.3, -0.25) is 9.98 Å². The van der Waals surface area contributed by atoms with Crippen molar-refractivity contribution >= 4 is 29.9 Å². The maximum absolute atomic E-state index is 6.06. The summed E-state index contributed by atoms with van der Waals surface area (Å²) in [6, 6.07) is 16.1. The molecule has 2 heterocycles. The molecule has 0 amide bonds. The van der Waals surface area contributed by atoms with Crippen LogP contribution < -0.4 is 10.1 Å². The van der Waals surface area contributed by atoms with E-state index in [-0.39, 0.29) is 30.1 Å². The Hall–Kier alpha value is -1.83. The first-order chi connectivity index (χ1) is 12.2. The third-order valence-electron chi connectivity index (χ3n) is 4.37. The fourth-order valence-corrected chi connectivity index (χ4v) is 3.08. The van der Waals surface area contributed by atoms with Crippen LogP contribution in [0.3, 0.4) is 0 Å². The molecule has 0 bridgehead atoms. The molecule has 1 saturated heterocycles. The minimum Gasteiger partial charge on any atom is -0.490 e. The second-order valence-corrected chi connectivity index (χ2v) is 6.29. The fourth-order valence-electron chi connectivity index (χ4n) is 3.08. The molecule has 0 saturated carbocycles. The normalized spacial score (nSPS) is 15.3. The number of likely N-dealkylation sites (tertiary alicyclic amines) is 1. The van der Waals surface area contributed by atoms with E-state index >= 15 is 0 Å². The molecule has 5 nitrogen and oxygen atoms in total. The van der Waals surface area contributed by atoms with Gasteiger partial charge in [0.25, 0.3) is 0 Å². The third-order valence-corrected chi connectivity index (χ3v) is 4.37. The van der Waals surface area contributed by atoms with E-state index in [9.17, 15) is 0 Å². The zero-order chi connectivity index (χ0) is 17.5. The molecule has 1 aliphatic rings. The molecule has 1 aromatic heterocycles. The molecule has 140 valence electrons. The third kappa shape index (κ3) is 5.86. The molecular formula is C20H27IN4O. The maximum atomic E-state index is 6.06. The molecule has 1 aromatic carbocycles. The quantitative estimate of drug-likeness (QED) is 0.425. The second kappa shape index (κ2) is 10.4. The van der Waals surface area contributed by atoms with Crippen molar-refractivity contribution in [2.75, 3.05) is 20.1 Å². The lowest BCUT2D eigenvalue weighted by Crippen LogP contribution is -2.47. The van der Waals surface area contributed by atoms with E-state index in [4.69, 9.17) is 4.74 Å². The van der Waals surface area contributed by atoms with E-state index in [1.165, 1.54) is 0 Å². The van der Waals surface area contributed by atoms with Gasteiger partial charge in [-0.15, -0.1) is 24.0 Å². The number of benzene rings is 1. The molecule has 0 atom stereocenters. The number of nitrogens with one attached hydrogen (secondary N) is 1. The summed E-state index contributed by atoms with van der Waals surface area (Å²) < 4.78 is 6.06. The molecule has 0 unspecified atom stereocenters. The van der Waals surface area contributed by atoms with Crippen LogP contribution in [0, 0.1) is 6.92 Å². The average Bonchev–Trinajstić information content (AvgIpc) is 2.64. The highest BCUT2D eigenvalue weighted by atomic mass is 127. The van der Waals surface area contributed by atoms with E-state index in [2.05, 4.69) is 20.2 Å². The summed E-state index contributed by atoms with van der Waals surface area (Å²) in [6.07, 6.45) is 2.27. The highest BCUT2D eigenvalue weighted by molar-refractivity contribution is 14.0. The Labute approximate surface area is 172 Å². The number of guanidine groups is 1. The van der Waals surface area contributed by atoms with Crippen LogP contribution in [-0.4, -0.2) is 42.1 Å². The smallest absolute Gasteiger partial charge is 0.193 e. The molecule has 1 fully saturated rings. The highest BCUT2D eigenvalue weighted by Gasteiger charge is 2.22. The lowest BCUT2D eigenvalue weighted by Gasteiger charge is -2.34. The first-order valence-electron chi connectivity index (χ1n) is 8.84. The van der Waals surface area contributed by atoms with Gasteiger partial charge < -0.3 is 15.0 Å². The molecular weight excluding hydrogens is 439 g/mol. The zero-order valence-electron chi connectivity index (χ0n) is 15.4. The summed E-state index contributed by atoms with van der Waals surface area (Å²) >= 11 is 0. The number of ether oxygens (including phenoxy) is 1. The van der Waals surface area contributed by atoms with Crippen molar-refractivity contribution in [2.45, 2.75) is 32.4 Å². The van der Waals surface area contributed by atoms with Crippen molar-refractivity contribution < 1.29 is 4.74 Å². The van der Waals surface area contributed by atoms with Gasteiger partial charge in [-0.1, -0.05) is 24.3 Å². The Morgan fingerprint density at radius 3 is 2.54 bits per heavy atom. The van der Waals surface area contributed by atoms with Gasteiger partial charge in [0.05, 0.1) is 12.2 Å². The molecule has 1 N–H and O–H groups in total. The number of pyridine rings is 1. The predicted octanol–water partition coefficient (Wildman–Crippen LogP) is 3.63. The van der Waals surface area contributed by atoms with Crippen molar-refractivity contribution in [1.29, 1.82) is 0 Å². The van der Waals surface area contributed by atoms with E-state index in [0.29, 0.717) is 6.54 Å². The van der Waals surface area contributed by atoms with Crippen molar-refractivity contribution in [3.63, 3.8) is 0 Å². The molecule has 0 radical (unpaired) electrons.